The van der Waals surface area contributed by atoms with Gasteiger partial charge in [0.2, 0.25) is 0 Å². The standard InChI is InChI=1S/C12H10O3Si.C9H10O/c13-9-5-1-3-7-11(9)15-16-12-8-4-2-6-10(12)14;1-2-3-8-4-6-9(10)7-5-8/h1-8,13-14H;2,4-7,10H,1,3H2. The van der Waals surface area contributed by atoms with Crippen molar-refractivity contribution in [2.24, 2.45) is 0 Å². The largest absolute Gasteiger partial charge is 0.533 e. The molecule has 5 heteroatoms. The van der Waals surface area contributed by atoms with Crippen LogP contribution in [0.5, 0.6) is 23.0 Å². The van der Waals surface area contributed by atoms with E-state index in [-0.39, 0.29) is 21.3 Å². The fraction of sp³-hybridized carbons (Fsp3) is 0.0476. The fourth-order valence-corrected chi connectivity index (χ4v) is 2.76. The zero-order valence-electron chi connectivity index (χ0n) is 14.2. The molecule has 0 bridgehead atoms. The van der Waals surface area contributed by atoms with Crippen LogP contribution in [0, 0.1) is 0 Å². The lowest BCUT2D eigenvalue weighted by Crippen LogP contribution is -2.20. The Labute approximate surface area is 155 Å². The van der Waals surface area contributed by atoms with Gasteiger partial charge < -0.3 is 19.7 Å². The van der Waals surface area contributed by atoms with Crippen LogP contribution in [0.15, 0.2) is 85.5 Å². The molecule has 0 saturated heterocycles. The van der Waals surface area contributed by atoms with Crippen LogP contribution in [-0.4, -0.2) is 25.1 Å². The minimum Gasteiger partial charge on any atom is -0.533 e. The zero-order chi connectivity index (χ0) is 18.8. The predicted octanol–water partition coefficient (Wildman–Crippen LogP) is 3.54. The summed E-state index contributed by atoms with van der Waals surface area (Å²) >= 11 is 0. The SMILES string of the molecule is C=CCc1ccc(O)cc1.Oc1ccccc1O[Si]c1ccccc1O. The lowest BCUT2D eigenvalue weighted by Gasteiger charge is -2.07. The highest BCUT2D eigenvalue weighted by Crippen LogP contribution is 2.23. The maximum Gasteiger partial charge on any atom is 0.355 e. The van der Waals surface area contributed by atoms with E-state index in [0.29, 0.717) is 16.7 Å². The van der Waals surface area contributed by atoms with Crippen molar-refractivity contribution in [3.8, 4) is 23.0 Å². The number of hydrogen-bond donors (Lipinski definition) is 3. The van der Waals surface area contributed by atoms with Gasteiger partial charge in [-0.15, -0.1) is 6.58 Å². The molecule has 4 nitrogen and oxygen atoms in total. The quantitative estimate of drug-likeness (QED) is 0.478. The molecule has 3 rings (SSSR count). The molecule has 2 radical (unpaired) electrons. The van der Waals surface area contributed by atoms with E-state index in [4.69, 9.17) is 9.53 Å². The van der Waals surface area contributed by atoms with Gasteiger partial charge >= 0.3 is 9.76 Å². The Hall–Kier alpha value is -3.18. The van der Waals surface area contributed by atoms with Gasteiger partial charge in [-0.3, -0.25) is 0 Å². The molecule has 132 valence electrons. The van der Waals surface area contributed by atoms with E-state index in [0.717, 1.165) is 6.42 Å². The van der Waals surface area contributed by atoms with Gasteiger partial charge in [-0.2, -0.15) is 0 Å². The maximum absolute atomic E-state index is 9.52. The number of benzene rings is 3. The number of para-hydroxylation sites is 3. The molecule has 0 aliphatic carbocycles. The highest BCUT2D eigenvalue weighted by molar-refractivity contribution is 6.49. The third-order valence-corrected chi connectivity index (χ3v) is 4.32. The van der Waals surface area contributed by atoms with Gasteiger partial charge in [0.1, 0.15) is 17.2 Å². The summed E-state index contributed by atoms with van der Waals surface area (Å²) in [5.74, 6) is 1.04. The Morgan fingerprint density at radius 1 is 0.808 bits per heavy atom. The molecule has 0 unspecified atom stereocenters. The lowest BCUT2D eigenvalue weighted by atomic mass is 10.1. The average molecular weight is 364 g/mol. The van der Waals surface area contributed by atoms with Gasteiger partial charge in [-0.05, 0) is 42.3 Å². The van der Waals surface area contributed by atoms with Crippen LogP contribution < -0.4 is 9.61 Å². The Balaban J connectivity index is 0.000000209. The van der Waals surface area contributed by atoms with E-state index < -0.39 is 0 Å². The van der Waals surface area contributed by atoms with E-state index in [2.05, 4.69) is 6.58 Å². The average Bonchev–Trinajstić information content (AvgIpc) is 2.65. The Morgan fingerprint density at radius 2 is 1.42 bits per heavy atom. The van der Waals surface area contributed by atoms with Gasteiger partial charge in [0.25, 0.3) is 0 Å². The first-order chi connectivity index (χ1) is 12.6. The normalized spacial score (nSPS) is 9.69. The molecular formula is C21H20O4Si. The van der Waals surface area contributed by atoms with Crippen LogP contribution in [0.25, 0.3) is 0 Å². The van der Waals surface area contributed by atoms with Crippen LogP contribution in [0.2, 0.25) is 0 Å². The van der Waals surface area contributed by atoms with Crippen molar-refractivity contribution in [2.75, 3.05) is 0 Å². The lowest BCUT2D eigenvalue weighted by molar-refractivity contribution is 0.443. The van der Waals surface area contributed by atoms with Crippen LogP contribution in [0.4, 0.5) is 0 Å². The first kappa shape index (κ1) is 19.1. The maximum atomic E-state index is 9.52. The second-order valence-corrected chi connectivity index (χ2v) is 6.30. The number of phenols is 3. The van der Waals surface area contributed by atoms with Crippen molar-refractivity contribution in [1.82, 2.24) is 0 Å². The fourth-order valence-electron chi connectivity index (χ4n) is 2.01. The van der Waals surface area contributed by atoms with E-state index in [1.807, 2.05) is 24.3 Å². The number of phenolic OH excluding ortho intramolecular Hbond substituents is 3. The summed E-state index contributed by atoms with van der Waals surface area (Å²) in [6.45, 7) is 3.62. The van der Waals surface area contributed by atoms with Crippen molar-refractivity contribution >= 4 is 14.9 Å². The summed E-state index contributed by atoms with van der Waals surface area (Å²) in [7, 11) is -0.0329. The van der Waals surface area contributed by atoms with Crippen molar-refractivity contribution in [3.63, 3.8) is 0 Å². The van der Waals surface area contributed by atoms with Gasteiger partial charge in [0.05, 0.1) is 0 Å². The molecule has 0 amide bonds. The molecule has 3 aromatic carbocycles. The van der Waals surface area contributed by atoms with Gasteiger partial charge in [0, 0.05) is 5.19 Å². The van der Waals surface area contributed by atoms with E-state index >= 15 is 0 Å². The number of hydrogen-bond acceptors (Lipinski definition) is 4. The summed E-state index contributed by atoms with van der Waals surface area (Å²) in [6, 6.07) is 20.9. The monoisotopic (exact) mass is 364 g/mol. The van der Waals surface area contributed by atoms with Gasteiger partial charge in [-0.1, -0.05) is 48.5 Å². The molecule has 0 fully saturated rings. The zero-order valence-corrected chi connectivity index (χ0v) is 15.2. The molecule has 26 heavy (non-hydrogen) atoms. The van der Waals surface area contributed by atoms with Crippen molar-refractivity contribution < 1.29 is 19.7 Å². The molecule has 3 N–H and O–H groups in total. The van der Waals surface area contributed by atoms with E-state index in [9.17, 15) is 10.2 Å². The van der Waals surface area contributed by atoms with E-state index in [1.54, 1.807) is 54.6 Å². The van der Waals surface area contributed by atoms with Crippen molar-refractivity contribution in [2.45, 2.75) is 6.42 Å². The topological polar surface area (TPSA) is 69.9 Å². The smallest absolute Gasteiger partial charge is 0.355 e. The third-order valence-electron chi connectivity index (χ3n) is 3.36. The van der Waals surface area contributed by atoms with Gasteiger partial charge in [0.15, 0.2) is 5.75 Å². The molecule has 0 aromatic heterocycles. The highest BCUT2D eigenvalue weighted by Gasteiger charge is 2.06. The highest BCUT2D eigenvalue weighted by atomic mass is 28.2. The second kappa shape index (κ2) is 9.96. The van der Waals surface area contributed by atoms with Crippen LogP contribution in [0.1, 0.15) is 5.56 Å². The molecule has 0 spiro atoms. The summed E-state index contributed by atoms with van der Waals surface area (Å²) in [5, 5.41) is 28.6. The molecule has 3 aromatic rings. The Morgan fingerprint density at radius 3 is 2.04 bits per heavy atom. The molecule has 0 heterocycles. The van der Waals surface area contributed by atoms with Crippen molar-refractivity contribution in [3.05, 3.63) is 91.0 Å². The van der Waals surface area contributed by atoms with Crippen molar-refractivity contribution in [1.29, 1.82) is 0 Å². The summed E-state index contributed by atoms with van der Waals surface area (Å²) < 4.78 is 5.42. The Bertz CT molecular complexity index is 786. The predicted molar refractivity (Wildman–Crippen MR) is 104 cm³/mol. The second-order valence-electron chi connectivity index (χ2n) is 5.35. The van der Waals surface area contributed by atoms with Gasteiger partial charge in [-0.25, -0.2) is 0 Å². The number of aromatic hydroxyl groups is 3. The number of rotatable bonds is 5. The summed E-state index contributed by atoms with van der Waals surface area (Å²) in [6.07, 6.45) is 2.70. The molecule has 0 aliphatic heterocycles. The van der Waals surface area contributed by atoms with Crippen LogP contribution in [0.3, 0.4) is 0 Å². The minimum atomic E-state index is -0.0329. The molecule has 0 atom stereocenters. The molecule has 0 aliphatic rings. The van der Waals surface area contributed by atoms with Crippen LogP contribution >= 0.6 is 0 Å². The first-order valence-corrected chi connectivity index (χ1v) is 8.88. The number of allylic oxidation sites excluding steroid dienone is 1. The molecule has 0 saturated carbocycles. The third kappa shape index (κ3) is 6.03. The molecular weight excluding hydrogens is 344 g/mol. The Kier molecular flexibility index (Phi) is 7.33. The van der Waals surface area contributed by atoms with E-state index in [1.165, 1.54) is 5.56 Å². The summed E-state index contributed by atoms with van der Waals surface area (Å²) in [5.41, 5.74) is 1.17. The first-order valence-electron chi connectivity index (χ1n) is 7.98. The van der Waals surface area contributed by atoms with Crippen LogP contribution in [-0.2, 0) is 6.42 Å². The minimum absolute atomic E-state index is 0.0329. The summed E-state index contributed by atoms with van der Waals surface area (Å²) in [4.78, 5) is 0.